The topological polar surface area (TPSA) is 96.8 Å². The van der Waals surface area contributed by atoms with Crippen LogP contribution in [-0.2, 0) is 9.47 Å². The lowest BCUT2D eigenvalue weighted by Crippen LogP contribution is -2.51. The molecule has 3 saturated heterocycles. The van der Waals surface area contributed by atoms with Crippen LogP contribution in [0.5, 0.6) is 0 Å². The summed E-state index contributed by atoms with van der Waals surface area (Å²) in [6.45, 7) is 2.29. The quantitative estimate of drug-likeness (QED) is 0.747. The second kappa shape index (κ2) is 6.72. The number of aromatic nitrogens is 2. The number of rotatable bonds is 3. The molecule has 3 fully saturated rings. The molecule has 0 unspecified atom stereocenters. The third-order valence-electron chi connectivity index (χ3n) is 5.04. The Kier molecular flexibility index (Phi) is 4.45. The number of ether oxygens (including phenoxy) is 2. The molecule has 2 N–H and O–H groups in total. The summed E-state index contributed by atoms with van der Waals surface area (Å²) in [6, 6.07) is 0.434. The van der Waals surface area contributed by atoms with Crippen LogP contribution in [0, 0.1) is 0 Å². The Hall–Kier alpha value is -1.61. The molecule has 0 radical (unpaired) electrons. The molecular weight excluding hydrogens is 312 g/mol. The average Bonchev–Trinajstić information content (AvgIpc) is 3.19. The van der Waals surface area contributed by atoms with Gasteiger partial charge in [-0.2, -0.15) is 0 Å². The molecule has 24 heavy (non-hydrogen) atoms. The van der Waals surface area contributed by atoms with Gasteiger partial charge in [-0.05, 0) is 12.8 Å². The van der Waals surface area contributed by atoms with Gasteiger partial charge in [0, 0.05) is 31.5 Å². The Balaban J connectivity index is 1.28. The molecule has 0 spiro atoms. The lowest BCUT2D eigenvalue weighted by atomic mass is 10.0. The third kappa shape index (κ3) is 3.02. The Morgan fingerprint density at radius 3 is 2.75 bits per heavy atom. The van der Waals surface area contributed by atoms with E-state index >= 15 is 0 Å². The van der Waals surface area contributed by atoms with Gasteiger partial charge >= 0.3 is 0 Å². The molecule has 0 saturated carbocycles. The number of aliphatic hydroxyl groups excluding tert-OH is 1. The molecule has 4 rings (SSSR count). The number of hydrogen-bond acceptors (Lipinski definition) is 7. The van der Waals surface area contributed by atoms with Crippen molar-refractivity contribution in [3.8, 4) is 0 Å². The van der Waals surface area contributed by atoms with Crippen molar-refractivity contribution in [3.63, 3.8) is 0 Å². The van der Waals surface area contributed by atoms with E-state index in [1.807, 2.05) is 4.90 Å². The minimum Gasteiger partial charge on any atom is -0.388 e. The zero-order chi connectivity index (χ0) is 16.5. The first-order chi connectivity index (χ1) is 11.7. The summed E-state index contributed by atoms with van der Waals surface area (Å²) in [6.07, 6.45) is 5.56. The van der Waals surface area contributed by atoms with Crippen molar-refractivity contribution < 1.29 is 19.4 Å². The van der Waals surface area contributed by atoms with E-state index in [2.05, 4.69) is 15.3 Å². The van der Waals surface area contributed by atoms with E-state index in [9.17, 15) is 9.90 Å². The van der Waals surface area contributed by atoms with Crippen LogP contribution in [0.15, 0.2) is 18.6 Å². The predicted molar refractivity (Wildman–Crippen MR) is 83.4 cm³/mol. The molecule has 0 bridgehead atoms. The van der Waals surface area contributed by atoms with Gasteiger partial charge in [0.1, 0.15) is 24.0 Å². The fourth-order valence-corrected chi connectivity index (χ4v) is 3.75. The molecule has 1 aromatic heterocycles. The highest BCUT2D eigenvalue weighted by Crippen LogP contribution is 2.28. The number of piperidine rings is 1. The van der Waals surface area contributed by atoms with Gasteiger partial charge in [0.05, 0.1) is 25.5 Å². The predicted octanol–water partition coefficient (Wildman–Crippen LogP) is -0.802. The van der Waals surface area contributed by atoms with Crippen molar-refractivity contribution in [2.24, 2.45) is 0 Å². The Labute approximate surface area is 140 Å². The molecule has 1 amide bonds. The number of hydrogen-bond donors (Lipinski definition) is 2. The maximum Gasteiger partial charge on any atom is 0.274 e. The molecular formula is C16H22N4O4. The monoisotopic (exact) mass is 334 g/mol. The van der Waals surface area contributed by atoms with E-state index in [-0.39, 0.29) is 24.2 Å². The van der Waals surface area contributed by atoms with Crippen LogP contribution >= 0.6 is 0 Å². The number of likely N-dealkylation sites (tertiary alicyclic amines) is 1. The van der Waals surface area contributed by atoms with E-state index < -0.39 is 6.10 Å². The third-order valence-corrected chi connectivity index (χ3v) is 5.04. The van der Waals surface area contributed by atoms with Gasteiger partial charge in [-0.25, -0.2) is 4.98 Å². The van der Waals surface area contributed by atoms with Gasteiger partial charge in [-0.3, -0.25) is 9.78 Å². The van der Waals surface area contributed by atoms with Gasteiger partial charge in [-0.1, -0.05) is 0 Å². The van der Waals surface area contributed by atoms with Gasteiger partial charge in [-0.15, -0.1) is 0 Å². The van der Waals surface area contributed by atoms with Gasteiger partial charge in [0.2, 0.25) is 0 Å². The maximum absolute atomic E-state index is 12.4. The number of amides is 1. The van der Waals surface area contributed by atoms with Gasteiger partial charge < -0.3 is 24.8 Å². The van der Waals surface area contributed by atoms with Crippen LogP contribution in [0.25, 0.3) is 0 Å². The lowest BCUT2D eigenvalue weighted by molar-refractivity contribution is 0.0175. The smallest absolute Gasteiger partial charge is 0.274 e. The van der Waals surface area contributed by atoms with Crippen molar-refractivity contribution in [3.05, 3.63) is 24.3 Å². The summed E-state index contributed by atoms with van der Waals surface area (Å²) in [5.41, 5.74) is 0.393. The maximum atomic E-state index is 12.4. The van der Waals surface area contributed by atoms with E-state index in [1.54, 1.807) is 6.20 Å². The van der Waals surface area contributed by atoms with Crippen LogP contribution in [0.1, 0.15) is 23.3 Å². The van der Waals surface area contributed by atoms with Crippen molar-refractivity contribution in [1.29, 1.82) is 0 Å². The zero-order valence-electron chi connectivity index (χ0n) is 13.4. The Morgan fingerprint density at radius 1 is 1.21 bits per heavy atom. The first-order valence-corrected chi connectivity index (χ1v) is 8.45. The average molecular weight is 334 g/mol. The molecule has 1 aromatic rings. The van der Waals surface area contributed by atoms with E-state index in [0.717, 1.165) is 12.8 Å². The number of fused-ring (bicyclic) bond motifs is 1. The second-order valence-corrected chi connectivity index (χ2v) is 6.59. The molecule has 8 nitrogen and oxygen atoms in total. The van der Waals surface area contributed by atoms with Crippen molar-refractivity contribution >= 4 is 5.91 Å². The first kappa shape index (κ1) is 15.9. The molecule has 8 heteroatoms. The molecule has 0 aromatic carbocycles. The van der Waals surface area contributed by atoms with E-state index in [4.69, 9.17) is 9.47 Å². The zero-order valence-corrected chi connectivity index (χ0v) is 13.4. The molecule has 4 heterocycles. The summed E-state index contributed by atoms with van der Waals surface area (Å²) < 4.78 is 11.3. The Bertz CT molecular complexity index is 579. The molecule has 4 atom stereocenters. The van der Waals surface area contributed by atoms with Gasteiger partial charge in [0.25, 0.3) is 5.91 Å². The fraction of sp³-hybridized carbons (Fsp3) is 0.688. The number of carbonyl (C=O) groups excluding carboxylic acids is 1. The summed E-state index contributed by atoms with van der Waals surface area (Å²) >= 11 is 0. The summed E-state index contributed by atoms with van der Waals surface area (Å²) in [5.74, 6) is -0.0620. The minimum absolute atomic E-state index is 0.0620. The van der Waals surface area contributed by atoms with E-state index in [1.165, 1.54) is 12.4 Å². The number of aliphatic hydroxyl groups is 1. The standard InChI is InChI=1S/C16H22N4O4/c21-13-9-24-14-12(8-23-15(13)14)19-10-1-5-20(6-2-10)16(22)11-7-17-3-4-18-11/h3-4,7,10,12-15,19,21H,1-2,5-6,8-9H2/t12-,13-,14-,15-/m1/s1. The van der Waals surface area contributed by atoms with Crippen LogP contribution in [0.3, 0.4) is 0 Å². The minimum atomic E-state index is -0.520. The largest absolute Gasteiger partial charge is 0.388 e. The Morgan fingerprint density at radius 2 is 2.00 bits per heavy atom. The fourth-order valence-electron chi connectivity index (χ4n) is 3.75. The van der Waals surface area contributed by atoms with Crippen molar-refractivity contribution in [2.75, 3.05) is 26.3 Å². The lowest BCUT2D eigenvalue weighted by Gasteiger charge is -2.34. The van der Waals surface area contributed by atoms with E-state index in [0.29, 0.717) is 38.0 Å². The molecule has 3 aliphatic heterocycles. The van der Waals surface area contributed by atoms with Crippen LogP contribution < -0.4 is 5.32 Å². The summed E-state index contributed by atoms with van der Waals surface area (Å²) in [5, 5.41) is 13.4. The highest BCUT2D eigenvalue weighted by Gasteiger charge is 2.47. The number of carbonyl (C=O) groups is 1. The molecule has 3 aliphatic rings. The SMILES string of the molecule is O=C(c1cnccn1)N1CCC(N[C@@H]2CO[C@H]3[C@@H]2OC[C@H]3O)CC1. The highest BCUT2D eigenvalue weighted by molar-refractivity contribution is 5.92. The van der Waals surface area contributed by atoms with Crippen LogP contribution in [-0.4, -0.2) is 82.6 Å². The number of nitrogens with one attached hydrogen (secondary N) is 1. The van der Waals surface area contributed by atoms with Crippen molar-refractivity contribution in [2.45, 2.75) is 43.2 Å². The van der Waals surface area contributed by atoms with Crippen molar-refractivity contribution in [1.82, 2.24) is 20.2 Å². The summed E-state index contributed by atoms with van der Waals surface area (Å²) in [4.78, 5) is 22.2. The number of nitrogens with zero attached hydrogens (tertiary/aromatic N) is 3. The normalized spacial score (nSPS) is 33.6. The second-order valence-electron chi connectivity index (χ2n) is 6.59. The molecule has 130 valence electrons. The first-order valence-electron chi connectivity index (χ1n) is 8.45. The molecule has 0 aliphatic carbocycles. The van der Waals surface area contributed by atoms with Gasteiger partial charge in [0.15, 0.2) is 0 Å². The van der Waals surface area contributed by atoms with Crippen LogP contribution in [0.2, 0.25) is 0 Å². The summed E-state index contributed by atoms with van der Waals surface area (Å²) in [7, 11) is 0. The highest BCUT2D eigenvalue weighted by atomic mass is 16.6. The van der Waals surface area contributed by atoms with Crippen LogP contribution in [0.4, 0.5) is 0 Å².